The maximum atomic E-state index is 2.40. The fourth-order valence-electron chi connectivity index (χ4n) is 3.79. The van der Waals surface area contributed by atoms with Gasteiger partial charge in [-0.25, -0.2) is 0 Å². The molecule has 22 heavy (non-hydrogen) atoms. The quantitative estimate of drug-likeness (QED) is 0.368. The molecule has 108 valence electrons. The van der Waals surface area contributed by atoms with Gasteiger partial charge in [0.25, 0.3) is 0 Å². The molecule has 0 heterocycles. The lowest BCUT2D eigenvalue weighted by molar-refractivity contribution is 0.905. The number of allylic oxidation sites excluding steroid dienone is 6. The van der Waals surface area contributed by atoms with E-state index in [2.05, 4.69) is 78.2 Å². The minimum Gasteiger partial charge on any atom is -0.102 e. The molecule has 1 aliphatic carbocycles. The molecule has 5 heteroatoms. The second-order valence-corrected chi connectivity index (χ2v) is 7.13. The summed E-state index contributed by atoms with van der Waals surface area (Å²) in [6.07, 6.45) is 8.21. The Kier molecular flexibility index (Phi) is 5.05. The first-order valence-corrected chi connectivity index (χ1v) is 8.36. The Balaban J connectivity index is 2.71. The van der Waals surface area contributed by atoms with Crippen LogP contribution in [0.5, 0.6) is 0 Å². The van der Waals surface area contributed by atoms with Crippen LogP contribution in [0.2, 0.25) is 0 Å². The SMILES string of the molecule is Bc1c(B)c(B)c(/C2=C/C(C)=C\C(C)/C=C(\C)C2)c(B)c1B. The molecule has 2 rings (SSSR count). The Morgan fingerprint density at radius 1 is 0.818 bits per heavy atom. The maximum Gasteiger partial charge on any atom is 0.139 e. The summed E-state index contributed by atoms with van der Waals surface area (Å²) in [5.74, 6) is 0.529. The van der Waals surface area contributed by atoms with E-state index in [1.165, 1.54) is 49.6 Å². The maximum absolute atomic E-state index is 2.40. The van der Waals surface area contributed by atoms with Gasteiger partial charge in [-0.1, -0.05) is 47.2 Å². The van der Waals surface area contributed by atoms with Gasteiger partial charge in [0.15, 0.2) is 0 Å². The standard InChI is InChI=1S/C17H25B5/c1-8-4-9(2)6-11(7-10(3)5-8)12-13(18)15(20)17(22)16(21)14(12)19/h4-6,8H,7,18-22H2,1-3H3/b9-4-,10-5+,11-6+. The summed E-state index contributed by atoms with van der Waals surface area (Å²) in [4.78, 5) is 0. The molecule has 1 aromatic rings. The number of hydrogen-bond acceptors (Lipinski definition) is 0. The third kappa shape index (κ3) is 3.24. The molecule has 0 fully saturated rings. The average Bonchev–Trinajstić information content (AvgIpc) is 2.41. The lowest BCUT2D eigenvalue weighted by Gasteiger charge is -2.23. The normalized spacial score (nSPS) is 26.0. The topological polar surface area (TPSA) is 0 Å². The van der Waals surface area contributed by atoms with Crippen LogP contribution in [0.1, 0.15) is 32.8 Å². The Bertz CT molecular complexity index is 681. The van der Waals surface area contributed by atoms with E-state index in [1.54, 1.807) is 0 Å². The van der Waals surface area contributed by atoms with Gasteiger partial charge < -0.3 is 0 Å². The molecule has 1 aromatic carbocycles. The molecule has 0 saturated carbocycles. The van der Waals surface area contributed by atoms with Crippen molar-refractivity contribution in [3.63, 3.8) is 0 Å². The zero-order chi connectivity index (χ0) is 16.6. The molecule has 0 saturated heterocycles. The largest absolute Gasteiger partial charge is 0.139 e. The summed E-state index contributed by atoms with van der Waals surface area (Å²) in [6.45, 7) is 6.75. The fraction of sp³-hybridized carbons (Fsp3) is 0.294. The van der Waals surface area contributed by atoms with E-state index in [4.69, 9.17) is 0 Å². The van der Waals surface area contributed by atoms with E-state index in [1.807, 2.05) is 0 Å². The highest BCUT2D eigenvalue weighted by Crippen LogP contribution is 2.25. The minimum absolute atomic E-state index is 0.529. The summed E-state index contributed by atoms with van der Waals surface area (Å²) in [7, 11) is 11.3. The molecule has 0 N–H and O–H groups in total. The van der Waals surface area contributed by atoms with Crippen LogP contribution in [0.25, 0.3) is 5.57 Å². The van der Waals surface area contributed by atoms with Gasteiger partial charge in [0.2, 0.25) is 0 Å². The van der Waals surface area contributed by atoms with Crippen molar-refractivity contribution in [1.82, 2.24) is 0 Å². The third-order valence-electron chi connectivity index (χ3n) is 5.27. The van der Waals surface area contributed by atoms with Crippen molar-refractivity contribution < 1.29 is 0 Å². The molecule has 0 aromatic heterocycles. The van der Waals surface area contributed by atoms with Gasteiger partial charge in [0.1, 0.15) is 39.2 Å². The highest BCUT2D eigenvalue weighted by Gasteiger charge is 2.16. The van der Waals surface area contributed by atoms with Gasteiger partial charge in [0, 0.05) is 0 Å². The molecule has 0 nitrogen and oxygen atoms in total. The first-order chi connectivity index (χ1) is 10.2. The highest BCUT2D eigenvalue weighted by atomic mass is 14.2. The molecule has 1 unspecified atom stereocenters. The Labute approximate surface area is 140 Å². The highest BCUT2D eigenvalue weighted by molar-refractivity contribution is 6.67. The minimum atomic E-state index is 0.529. The first kappa shape index (κ1) is 17.1. The molecule has 0 amide bonds. The molecular formula is C17H25B5. The lowest BCUT2D eigenvalue weighted by atomic mass is 9.59. The first-order valence-electron chi connectivity index (χ1n) is 8.36. The predicted octanol–water partition coefficient (Wildman–Crippen LogP) is -3.71. The van der Waals surface area contributed by atoms with E-state index >= 15 is 0 Å². The smallest absolute Gasteiger partial charge is 0.102 e. The summed E-state index contributed by atoms with van der Waals surface area (Å²) < 4.78 is 0. The van der Waals surface area contributed by atoms with E-state index < -0.39 is 0 Å². The van der Waals surface area contributed by atoms with Gasteiger partial charge in [-0.15, -0.1) is 16.4 Å². The Morgan fingerprint density at radius 2 is 1.32 bits per heavy atom. The fourth-order valence-corrected chi connectivity index (χ4v) is 3.79. The Hall–Kier alpha value is -1.24. The van der Waals surface area contributed by atoms with Crippen molar-refractivity contribution in [2.75, 3.05) is 0 Å². The Morgan fingerprint density at radius 3 is 1.86 bits per heavy atom. The van der Waals surface area contributed by atoms with Crippen LogP contribution in [-0.2, 0) is 0 Å². The van der Waals surface area contributed by atoms with Crippen LogP contribution in [-0.4, -0.2) is 39.2 Å². The van der Waals surface area contributed by atoms with Crippen molar-refractivity contribution in [2.24, 2.45) is 5.92 Å². The monoisotopic (exact) mass is 284 g/mol. The second-order valence-electron chi connectivity index (χ2n) is 7.13. The second kappa shape index (κ2) is 6.48. The van der Waals surface area contributed by atoms with Crippen molar-refractivity contribution in [3.8, 4) is 0 Å². The molecule has 0 spiro atoms. The number of benzene rings is 1. The van der Waals surface area contributed by atoms with Crippen molar-refractivity contribution >= 4 is 72.1 Å². The molecular weight excluding hydrogens is 258 g/mol. The van der Waals surface area contributed by atoms with Gasteiger partial charge in [0.05, 0.1) is 0 Å². The number of hydrogen-bond donors (Lipinski definition) is 0. The summed E-state index contributed by atoms with van der Waals surface area (Å²) >= 11 is 0. The van der Waals surface area contributed by atoms with Crippen LogP contribution < -0.4 is 27.3 Å². The zero-order valence-electron chi connectivity index (χ0n) is 15.5. The van der Waals surface area contributed by atoms with E-state index in [-0.39, 0.29) is 0 Å². The van der Waals surface area contributed by atoms with Gasteiger partial charge in [-0.05, 0) is 37.3 Å². The molecule has 1 aliphatic rings. The molecule has 0 radical (unpaired) electrons. The van der Waals surface area contributed by atoms with E-state index in [0.717, 1.165) is 6.42 Å². The van der Waals surface area contributed by atoms with E-state index in [0.29, 0.717) is 5.92 Å². The van der Waals surface area contributed by atoms with Crippen LogP contribution >= 0.6 is 0 Å². The number of rotatable bonds is 1. The average molecular weight is 283 g/mol. The van der Waals surface area contributed by atoms with Crippen molar-refractivity contribution in [3.05, 3.63) is 34.9 Å². The van der Waals surface area contributed by atoms with Crippen LogP contribution in [0.3, 0.4) is 0 Å². The van der Waals surface area contributed by atoms with Gasteiger partial charge in [-0.3, -0.25) is 0 Å². The third-order valence-corrected chi connectivity index (χ3v) is 5.27. The van der Waals surface area contributed by atoms with Crippen LogP contribution in [0, 0.1) is 5.92 Å². The van der Waals surface area contributed by atoms with Gasteiger partial charge >= 0.3 is 0 Å². The lowest BCUT2D eigenvalue weighted by Crippen LogP contribution is -2.56. The zero-order valence-corrected chi connectivity index (χ0v) is 15.5. The summed E-state index contributed by atoms with van der Waals surface area (Å²) in [5.41, 5.74) is 13.0. The van der Waals surface area contributed by atoms with Crippen molar-refractivity contribution in [2.45, 2.75) is 27.2 Å². The molecule has 0 aliphatic heterocycles. The van der Waals surface area contributed by atoms with E-state index in [9.17, 15) is 0 Å². The molecule has 0 bridgehead atoms. The van der Waals surface area contributed by atoms with Crippen molar-refractivity contribution in [1.29, 1.82) is 0 Å². The summed E-state index contributed by atoms with van der Waals surface area (Å²) in [5, 5.41) is 0. The van der Waals surface area contributed by atoms with Crippen LogP contribution in [0.4, 0.5) is 0 Å². The predicted molar refractivity (Wildman–Crippen MR) is 117 cm³/mol. The summed E-state index contributed by atoms with van der Waals surface area (Å²) in [6, 6.07) is 0. The van der Waals surface area contributed by atoms with Gasteiger partial charge in [-0.2, -0.15) is 0 Å². The molecule has 1 atom stereocenters. The van der Waals surface area contributed by atoms with Crippen LogP contribution in [0.15, 0.2) is 29.4 Å².